The summed E-state index contributed by atoms with van der Waals surface area (Å²) in [5.74, 6) is 0. The highest BCUT2D eigenvalue weighted by molar-refractivity contribution is 4.46. The highest BCUT2D eigenvalue weighted by Crippen LogP contribution is 2.07. The van der Waals surface area contributed by atoms with Crippen LogP contribution >= 0.6 is 0 Å². The highest BCUT2D eigenvalue weighted by Gasteiger charge is 2.26. The van der Waals surface area contributed by atoms with Crippen molar-refractivity contribution in [1.29, 1.82) is 0 Å². The van der Waals surface area contributed by atoms with Crippen molar-refractivity contribution in [1.82, 2.24) is 0 Å². The summed E-state index contributed by atoms with van der Waals surface area (Å²) in [6, 6.07) is 0. The lowest BCUT2D eigenvalue weighted by molar-refractivity contribution is -0.929. The lowest BCUT2D eigenvalue weighted by atomic mass is 10.3. The van der Waals surface area contributed by atoms with Gasteiger partial charge in [0.1, 0.15) is 26.2 Å². The normalized spacial score (nSPS) is 12.0. The van der Waals surface area contributed by atoms with Gasteiger partial charge in [-0.1, -0.05) is 0 Å². The molecule has 0 unspecified atom stereocenters. The van der Waals surface area contributed by atoms with Crippen molar-refractivity contribution in [2.24, 2.45) is 0 Å². The maximum atomic E-state index is 5.20. The van der Waals surface area contributed by atoms with Gasteiger partial charge in [-0.2, -0.15) is 0 Å². The third-order valence-corrected chi connectivity index (χ3v) is 3.08. The minimum Gasteiger partial charge on any atom is -0.379 e. The first-order chi connectivity index (χ1) is 8.24. The van der Waals surface area contributed by atoms with Crippen molar-refractivity contribution < 1.29 is 23.4 Å². The molecule has 104 valence electrons. The monoisotopic (exact) mass is 250 g/mol. The molecule has 0 atom stereocenters. The maximum absolute atomic E-state index is 5.20. The summed E-state index contributed by atoms with van der Waals surface area (Å²) in [7, 11) is 6.94. The second-order valence-electron chi connectivity index (χ2n) is 4.21. The predicted molar refractivity (Wildman–Crippen MR) is 67.2 cm³/mol. The Bertz CT molecular complexity index is 129. The van der Waals surface area contributed by atoms with E-state index in [9.17, 15) is 0 Å². The molecular formula is C12H28NO4+. The average molecular weight is 250 g/mol. The van der Waals surface area contributed by atoms with Crippen LogP contribution in [0.2, 0.25) is 0 Å². The van der Waals surface area contributed by atoms with Crippen molar-refractivity contribution >= 4 is 0 Å². The summed E-state index contributed by atoms with van der Waals surface area (Å²) in [6.45, 7) is 6.85. The Morgan fingerprint density at radius 3 is 0.941 bits per heavy atom. The van der Waals surface area contributed by atoms with Gasteiger partial charge in [0, 0.05) is 28.4 Å². The fourth-order valence-electron chi connectivity index (χ4n) is 1.81. The van der Waals surface area contributed by atoms with Crippen LogP contribution in [-0.4, -0.2) is 85.5 Å². The van der Waals surface area contributed by atoms with Crippen LogP contribution in [0.15, 0.2) is 0 Å². The topological polar surface area (TPSA) is 36.9 Å². The molecule has 0 aliphatic carbocycles. The number of quaternary nitrogens is 1. The van der Waals surface area contributed by atoms with Crippen LogP contribution in [-0.2, 0) is 18.9 Å². The van der Waals surface area contributed by atoms with E-state index in [-0.39, 0.29) is 0 Å². The number of rotatable bonds is 12. The molecule has 0 aromatic carbocycles. The van der Waals surface area contributed by atoms with E-state index in [2.05, 4.69) is 0 Å². The molecule has 0 amide bonds. The molecule has 0 radical (unpaired) electrons. The number of methoxy groups -OCH3 is 4. The number of nitrogens with zero attached hydrogens (tertiary/aromatic N) is 1. The van der Waals surface area contributed by atoms with Gasteiger partial charge in [0.05, 0.1) is 26.4 Å². The molecular weight excluding hydrogens is 222 g/mol. The minimum atomic E-state index is 0.747. The summed E-state index contributed by atoms with van der Waals surface area (Å²) >= 11 is 0. The van der Waals surface area contributed by atoms with Gasteiger partial charge in [0.15, 0.2) is 0 Å². The van der Waals surface area contributed by atoms with Gasteiger partial charge < -0.3 is 23.4 Å². The SMILES string of the molecule is COCC[N+](CCOC)(CCOC)CCOC. The van der Waals surface area contributed by atoms with Gasteiger partial charge in [-0.25, -0.2) is 0 Å². The van der Waals surface area contributed by atoms with E-state index < -0.39 is 0 Å². The molecule has 0 bridgehead atoms. The Kier molecular flexibility index (Phi) is 10.8. The van der Waals surface area contributed by atoms with Crippen molar-refractivity contribution in [3.8, 4) is 0 Å². The first-order valence-corrected chi connectivity index (χ1v) is 6.05. The third kappa shape index (κ3) is 7.68. The van der Waals surface area contributed by atoms with Crippen molar-refractivity contribution in [3.05, 3.63) is 0 Å². The zero-order chi connectivity index (χ0) is 13.0. The Balaban J connectivity index is 4.39. The molecule has 0 rings (SSSR count). The maximum Gasteiger partial charge on any atom is 0.103 e. The number of hydrogen-bond acceptors (Lipinski definition) is 4. The highest BCUT2D eigenvalue weighted by atomic mass is 16.5. The molecule has 0 spiro atoms. The lowest BCUT2D eigenvalue weighted by Crippen LogP contribution is -2.55. The van der Waals surface area contributed by atoms with Crippen molar-refractivity contribution in [2.75, 3.05) is 81.0 Å². The summed E-state index contributed by atoms with van der Waals surface area (Å²) in [5, 5.41) is 0. The van der Waals surface area contributed by atoms with E-state index in [1.54, 1.807) is 28.4 Å². The third-order valence-electron chi connectivity index (χ3n) is 3.08. The Morgan fingerprint density at radius 2 is 0.765 bits per heavy atom. The quantitative estimate of drug-likeness (QED) is 0.470. The van der Waals surface area contributed by atoms with Crippen molar-refractivity contribution in [2.45, 2.75) is 0 Å². The molecule has 0 aromatic heterocycles. The van der Waals surface area contributed by atoms with Crippen LogP contribution in [0, 0.1) is 0 Å². The van der Waals surface area contributed by atoms with Gasteiger partial charge in [-0.05, 0) is 0 Å². The lowest BCUT2D eigenvalue weighted by Gasteiger charge is -2.38. The van der Waals surface area contributed by atoms with Gasteiger partial charge in [-0.3, -0.25) is 0 Å². The second-order valence-corrected chi connectivity index (χ2v) is 4.21. The average Bonchev–Trinajstić information content (AvgIpc) is 2.37. The Labute approximate surface area is 105 Å². The molecule has 0 aromatic rings. The summed E-state index contributed by atoms with van der Waals surface area (Å²) < 4.78 is 21.7. The Morgan fingerprint density at radius 1 is 0.529 bits per heavy atom. The number of ether oxygens (including phenoxy) is 4. The molecule has 17 heavy (non-hydrogen) atoms. The Hall–Kier alpha value is -0.200. The molecule has 0 N–H and O–H groups in total. The first kappa shape index (κ1) is 16.8. The van der Waals surface area contributed by atoms with Gasteiger partial charge in [0.25, 0.3) is 0 Å². The molecule has 5 nitrogen and oxygen atoms in total. The van der Waals surface area contributed by atoms with E-state index >= 15 is 0 Å². The molecule has 0 fully saturated rings. The largest absolute Gasteiger partial charge is 0.379 e. The van der Waals surface area contributed by atoms with E-state index in [1.807, 2.05) is 0 Å². The molecule has 0 heterocycles. The van der Waals surface area contributed by atoms with Gasteiger partial charge in [-0.15, -0.1) is 0 Å². The summed E-state index contributed by atoms with van der Waals surface area (Å²) in [6.07, 6.45) is 0. The van der Waals surface area contributed by atoms with Crippen LogP contribution in [0.3, 0.4) is 0 Å². The standard InChI is InChI=1S/C12H28NO4/c1-14-9-5-13(6-10-15-2,7-11-16-3)8-12-17-4/h5-12H2,1-4H3/q+1. The second kappa shape index (κ2) is 10.9. The predicted octanol–water partition coefficient (Wildman–Crippen LogP) is 0.389. The summed E-state index contributed by atoms with van der Waals surface area (Å²) in [4.78, 5) is 0. The number of hydrogen-bond donors (Lipinski definition) is 0. The molecule has 0 aliphatic rings. The molecule has 0 aliphatic heterocycles. The van der Waals surface area contributed by atoms with Crippen LogP contribution in [0.4, 0.5) is 0 Å². The fourth-order valence-corrected chi connectivity index (χ4v) is 1.81. The van der Waals surface area contributed by atoms with Crippen molar-refractivity contribution in [3.63, 3.8) is 0 Å². The minimum absolute atomic E-state index is 0.747. The summed E-state index contributed by atoms with van der Waals surface area (Å²) in [5.41, 5.74) is 0. The van der Waals surface area contributed by atoms with Crippen LogP contribution in [0.5, 0.6) is 0 Å². The first-order valence-electron chi connectivity index (χ1n) is 6.05. The smallest absolute Gasteiger partial charge is 0.103 e. The fraction of sp³-hybridized carbons (Fsp3) is 1.00. The van der Waals surface area contributed by atoms with E-state index in [1.165, 1.54) is 0 Å². The zero-order valence-electron chi connectivity index (χ0n) is 11.7. The van der Waals surface area contributed by atoms with Gasteiger partial charge >= 0.3 is 0 Å². The van der Waals surface area contributed by atoms with Gasteiger partial charge in [0.2, 0.25) is 0 Å². The molecule has 5 heteroatoms. The molecule has 0 saturated heterocycles. The van der Waals surface area contributed by atoms with E-state index in [0.717, 1.165) is 57.1 Å². The van der Waals surface area contributed by atoms with Crippen LogP contribution in [0.25, 0.3) is 0 Å². The van der Waals surface area contributed by atoms with Crippen LogP contribution in [0.1, 0.15) is 0 Å². The zero-order valence-corrected chi connectivity index (χ0v) is 11.7. The van der Waals surface area contributed by atoms with Crippen LogP contribution < -0.4 is 0 Å². The van der Waals surface area contributed by atoms with E-state index in [0.29, 0.717) is 0 Å². The van der Waals surface area contributed by atoms with E-state index in [4.69, 9.17) is 18.9 Å². The molecule has 0 saturated carbocycles.